The fraction of sp³-hybridized carbons (Fsp3) is 0.100. The van der Waals surface area contributed by atoms with Gasteiger partial charge in [-0.1, -0.05) is 11.6 Å². The first-order chi connectivity index (χ1) is 14.9. The topological polar surface area (TPSA) is 95.6 Å². The van der Waals surface area contributed by atoms with Crippen LogP contribution in [0.3, 0.4) is 0 Å². The van der Waals surface area contributed by atoms with Crippen LogP contribution in [-0.2, 0) is 6.54 Å². The van der Waals surface area contributed by atoms with Crippen molar-refractivity contribution in [1.82, 2.24) is 20.2 Å². The van der Waals surface area contributed by atoms with Gasteiger partial charge in [0.25, 0.3) is 12.3 Å². The van der Waals surface area contributed by atoms with Crippen molar-refractivity contribution in [3.8, 4) is 0 Å². The van der Waals surface area contributed by atoms with E-state index in [1.54, 1.807) is 18.5 Å². The number of H-pyrrole nitrogens is 1. The molecule has 3 aromatic heterocycles. The standard InChI is InChI=1S/C20H14ClF3N6O/c21-16-2-1-12(6-13(16)17(23)24)29-20(31)14-5-11(22)8-27-18(14)26-7-10-3-4-25-19-15(10)9-28-30-19/h1-6,8-9,17H,7H2,(H,26,27)(H,29,31)(H,25,28,30). The number of pyridine rings is 2. The fourth-order valence-corrected chi connectivity index (χ4v) is 3.18. The summed E-state index contributed by atoms with van der Waals surface area (Å²) in [5.41, 5.74) is 1.01. The Bertz CT molecular complexity index is 1260. The Morgan fingerprint density at radius 3 is 2.81 bits per heavy atom. The molecule has 7 nitrogen and oxygen atoms in total. The van der Waals surface area contributed by atoms with Crippen molar-refractivity contribution in [2.75, 3.05) is 10.6 Å². The second kappa shape index (κ2) is 8.60. The van der Waals surface area contributed by atoms with Crippen LogP contribution in [0.5, 0.6) is 0 Å². The molecule has 0 fully saturated rings. The van der Waals surface area contributed by atoms with E-state index < -0.39 is 23.7 Å². The molecule has 0 atom stereocenters. The maximum Gasteiger partial charge on any atom is 0.265 e. The number of aromatic amines is 1. The molecule has 0 radical (unpaired) electrons. The van der Waals surface area contributed by atoms with Crippen molar-refractivity contribution in [3.63, 3.8) is 0 Å². The molecule has 31 heavy (non-hydrogen) atoms. The summed E-state index contributed by atoms with van der Waals surface area (Å²) in [4.78, 5) is 20.8. The van der Waals surface area contributed by atoms with Gasteiger partial charge in [0.1, 0.15) is 11.6 Å². The monoisotopic (exact) mass is 446 g/mol. The number of aromatic nitrogens is 4. The highest BCUT2D eigenvalue weighted by atomic mass is 35.5. The number of hydrogen-bond donors (Lipinski definition) is 3. The van der Waals surface area contributed by atoms with Crippen LogP contribution in [0.15, 0.2) is 48.9 Å². The number of nitrogens with one attached hydrogen (secondary N) is 3. The number of alkyl halides is 2. The molecule has 11 heteroatoms. The molecule has 4 aromatic rings. The van der Waals surface area contributed by atoms with Gasteiger partial charge in [0.05, 0.1) is 18.0 Å². The zero-order valence-electron chi connectivity index (χ0n) is 15.7. The summed E-state index contributed by atoms with van der Waals surface area (Å²) in [5.74, 6) is -1.32. The van der Waals surface area contributed by atoms with Gasteiger partial charge < -0.3 is 10.6 Å². The lowest BCUT2D eigenvalue weighted by Gasteiger charge is -2.13. The lowest BCUT2D eigenvalue weighted by atomic mass is 10.1. The van der Waals surface area contributed by atoms with E-state index in [0.717, 1.165) is 29.3 Å². The van der Waals surface area contributed by atoms with Crippen molar-refractivity contribution >= 4 is 40.0 Å². The summed E-state index contributed by atoms with van der Waals surface area (Å²) >= 11 is 5.75. The number of hydrogen-bond acceptors (Lipinski definition) is 5. The molecule has 4 rings (SSSR count). The highest BCUT2D eigenvalue weighted by molar-refractivity contribution is 6.31. The first-order valence-electron chi connectivity index (χ1n) is 8.97. The number of rotatable bonds is 6. The second-order valence-corrected chi connectivity index (χ2v) is 6.90. The van der Waals surface area contributed by atoms with E-state index in [1.807, 2.05) is 0 Å². The van der Waals surface area contributed by atoms with Gasteiger partial charge in [0, 0.05) is 34.4 Å². The summed E-state index contributed by atoms with van der Waals surface area (Å²) in [7, 11) is 0. The van der Waals surface area contributed by atoms with Gasteiger partial charge in [-0.15, -0.1) is 0 Å². The number of carbonyl (C=O) groups excluding carboxylic acids is 1. The molecule has 0 unspecified atom stereocenters. The van der Waals surface area contributed by atoms with Crippen LogP contribution < -0.4 is 10.6 Å². The minimum Gasteiger partial charge on any atom is -0.365 e. The third-order valence-corrected chi connectivity index (χ3v) is 4.82. The molecule has 0 spiro atoms. The predicted octanol–water partition coefficient (Wildman–Crippen LogP) is 4.95. The summed E-state index contributed by atoms with van der Waals surface area (Å²) in [5, 5.41) is 12.8. The van der Waals surface area contributed by atoms with E-state index in [1.165, 1.54) is 12.1 Å². The Kier molecular flexibility index (Phi) is 5.72. The molecule has 158 valence electrons. The second-order valence-electron chi connectivity index (χ2n) is 6.50. The summed E-state index contributed by atoms with van der Waals surface area (Å²) in [6, 6.07) is 6.47. The molecule has 0 saturated heterocycles. The van der Waals surface area contributed by atoms with Crippen LogP contribution in [0.25, 0.3) is 11.0 Å². The Morgan fingerprint density at radius 1 is 1.16 bits per heavy atom. The van der Waals surface area contributed by atoms with Crippen molar-refractivity contribution in [2.24, 2.45) is 0 Å². The van der Waals surface area contributed by atoms with Gasteiger partial charge in [-0.3, -0.25) is 9.89 Å². The molecule has 0 aliphatic rings. The molecular weight excluding hydrogens is 433 g/mol. The minimum absolute atomic E-state index is 0.0916. The third kappa shape index (κ3) is 4.43. The van der Waals surface area contributed by atoms with Crippen LogP contribution in [0, 0.1) is 5.82 Å². The predicted molar refractivity (Wildman–Crippen MR) is 110 cm³/mol. The minimum atomic E-state index is -2.81. The van der Waals surface area contributed by atoms with E-state index >= 15 is 0 Å². The Labute approximate surface area is 178 Å². The van der Waals surface area contributed by atoms with Crippen LogP contribution in [0.4, 0.5) is 24.7 Å². The van der Waals surface area contributed by atoms with Gasteiger partial charge in [-0.05, 0) is 35.9 Å². The van der Waals surface area contributed by atoms with E-state index in [4.69, 9.17) is 11.6 Å². The lowest BCUT2D eigenvalue weighted by Crippen LogP contribution is -2.16. The molecular formula is C20H14ClF3N6O. The van der Waals surface area contributed by atoms with Crippen LogP contribution in [-0.4, -0.2) is 26.1 Å². The maximum atomic E-state index is 13.8. The third-order valence-electron chi connectivity index (χ3n) is 4.48. The van der Waals surface area contributed by atoms with Crippen molar-refractivity contribution in [3.05, 3.63) is 76.5 Å². The average Bonchev–Trinajstić information content (AvgIpc) is 3.23. The highest BCUT2D eigenvalue weighted by Gasteiger charge is 2.17. The molecule has 0 saturated carbocycles. The smallest absolute Gasteiger partial charge is 0.265 e. The Morgan fingerprint density at radius 2 is 2.00 bits per heavy atom. The molecule has 3 N–H and O–H groups in total. The van der Waals surface area contributed by atoms with Gasteiger partial charge in [0.15, 0.2) is 5.65 Å². The van der Waals surface area contributed by atoms with Crippen LogP contribution in [0.1, 0.15) is 27.9 Å². The van der Waals surface area contributed by atoms with Crippen molar-refractivity contribution in [2.45, 2.75) is 13.0 Å². The number of anilines is 2. The number of amides is 1. The molecule has 0 aliphatic heterocycles. The zero-order valence-corrected chi connectivity index (χ0v) is 16.4. The van der Waals surface area contributed by atoms with Crippen molar-refractivity contribution < 1.29 is 18.0 Å². The molecule has 1 amide bonds. The molecule has 0 aliphatic carbocycles. The fourth-order valence-electron chi connectivity index (χ4n) is 2.98. The SMILES string of the molecule is O=C(Nc1ccc(Cl)c(C(F)F)c1)c1cc(F)cnc1NCc1ccnc2[nH]ncc12. The molecule has 0 bridgehead atoms. The maximum absolute atomic E-state index is 13.8. The van der Waals surface area contributed by atoms with Crippen LogP contribution >= 0.6 is 11.6 Å². The highest BCUT2D eigenvalue weighted by Crippen LogP contribution is 2.30. The summed E-state index contributed by atoms with van der Waals surface area (Å²) < 4.78 is 39.9. The normalized spacial score (nSPS) is 11.1. The number of halogens is 4. The van der Waals surface area contributed by atoms with E-state index in [-0.39, 0.29) is 28.6 Å². The quantitative estimate of drug-likeness (QED) is 0.389. The van der Waals surface area contributed by atoms with Gasteiger partial charge in [-0.25, -0.2) is 23.1 Å². The Hall–Kier alpha value is -3.66. The zero-order chi connectivity index (χ0) is 22.0. The number of nitrogens with zero attached hydrogens (tertiary/aromatic N) is 3. The van der Waals surface area contributed by atoms with E-state index in [0.29, 0.717) is 5.65 Å². The first kappa shape index (κ1) is 20.6. The van der Waals surface area contributed by atoms with E-state index in [9.17, 15) is 18.0 Å². The summed E-state index contributed by atoms with van der Waals surface area (Å²) in [6.07, 6.45) is 1.38. The van der Waals surface area contributed by atoms with Gasteiger partial charge in [0.2, 0.25) is 0 Å². The van der Waals surface area contributed by atoms with Gasteiger partial charge in [-0.2, -0.15) is 5.10 Å². The van der Waals surface area contributed by atoms with E-state index in [2.05, 4.69) is 30.8 Å². The average molecular weight is 447 g/mol. The van der Waals surface area contributed by atoms with Crippen molar-refractivity contribution in [1.29, 1.82) is 0 Å². The Balaban J connectivity index is 1.57. The molecule has 3 heterocycles. The number of benzene rings is 1. The number of carbonyl (C=O) groups is 1. The summed E-state index contributed by atoms with van der Waals surface area (Å²) in [6.45, 7) is 0.258. The molecule has 1 aromatic carbocycles. The largest absolute Gasteiger partial charge is 0.365 e. The van der Waals surface area contributed by atoms with Crippen LogP contribution in [0.2, 0.25) is 5.02 Å². The lowest BCUT2D eigenvalue weighted by molar-refractivity contribution is 0.102. The van der Waals surface area contributed by atoms with Gasteiger partial charge >= 0.3 is 0 Å². The first-order valence-corrected chi connectivity index (χ1v) is 9.35. The number of fused-ring (bicyclic) bond motifs is 1.